The molecule has 26 heavy (non-hydrogen) atoms. The van der Waals surface area contributed by atoms with Gasteiger partial charge in [-0.2, -0.15) is 8.78 Å². The molecule has 2 radical (unpaired) electrons. The Morgan fingerprint density at radius 3 is 1.92 bits per heavy atom. The fraction of sp³-hybridized carbons (Fsp3) is 0.900. The van der Waals surface area contributed by atoms with E-state index in [-0.39, 0.29) is 24.7 Å². The van der Waals surface area contributed by atoms with Gasteiger partial charge in [-0.15, -0.1) is 0 Å². The van der Waals surface area contributed by atoms with E-state index in [4.69, 9.17) is 4.74 Å². The van der Waals surface area contributed by atoms with Gasteiger partial charge in [-0.25, -0.2) is 13.2 Å². The molecule has 0 aromatic heterocycles. The van der Waals surface area contributed by atoms with Gasteiger partial charge in [0.15, 0.2) is 6.17 Å². The number of alkyl halides is 5. The first-order valence-corrected chi connectivity index (χ1v) is 9.94. The van der Waals surface area contributed by atoms with E-state index in [0.717, 1.165) is 18.8 Å². The van der Waals surface area contributed by atoms with Crippen LogP contribution in [0.2, 0.25) is 0 Å². The summed E-state index contributed by atoms with van der Waals surface area (Å²) in [5, 5.41) is 0. The quantitative estimate of drug-likeness (QED) is 0.519. The molecule has 1 nitrogen and oxygen atoms in total. The molecule has 2 unspecified atom stereocenters. The molecule has 0 N–H and O–H groups in total. The van der Waals surface area contributed by atoms with E-state index in [1.807, 2.05) is 0 Å². The molecule has 0 saturated heterocycles. The van der Waals surface area contributed by atoms with Gasteiger partial charge in [0.1, 0.15) is 12.3 Å². The van der Waals surface area contributed by atoms with Crippen molar-refractivity contribution in [3.63, 3.8) is 0 Å². The van der Waals surface area contributed by atoms with Crippen LogP contribution >= 0.6 is 0 Å². The molecule has 0 amide bonds. The Hall–Kier alpha value is -0.390. The molecule has 3 saturated carbocycles. The van der Waals surface area contributed by atoms with Crippen LogP contribution in [0, 0.1) is 23.7 Å². The fourth-order valence-corrected chi connectivity index (χ4v) is 4.64. The maximum absolute atomic E-state index is 14.4. The molecular formula is C20H29F5O. The molecule has 0 aromatic rings. The average Bonchev–Trinajstić information content (AvgIpc) is 2.60. The number of hydrogen-bond donors (Lipinski definition) is 0. The number of ether oxygens (including phenoxy) is 1. The zero-order valence-corrected chi connectivity index (χ0v) is 15.3. The highest BCUT2D eigenvalue weighted by atomic mass is 19.3. The Morgan fingerprint density at radius 2 is 1.38 bits per heavy atom. The lowest BCUT2D eigenvalue weighted by molar-refractivity contribution is -0.259. The number of hydrogen-bond acceptors (Lipinski definition) is 1. The summed E-state index contributed by atoms with van der Waals surface area (Å²) in [7, 11) is 0. The van der Waals surface area contributed by atoms with Crippen LogP contribution in [0.15, 0.2) is 0 Å². The largest absolute Gasteiger partial charge is 0.362 e. The van der Waals surface area contributed by atoms with Crippen molar-refractivity contribution in [2.45, 2.75) is 102 Å². The third-order valence-corrected chi connectivity index (χ3v) is 6.47. The molecule has 6 heteroatoms. The molecule has 3 aliphatic carbocycles. The van der Waals surface area contributed by atoms with Crippen molar-refractivity contribution in [2.75, 3.05) is 0 Å². The minimum absolute atomic E-state index is 0.00864. The van der Waals surface area contributed by atoms with E-state index in [2.05, 4.69) is 6.92 Å². The summed E-state index contributed by atoms with van der Waals surface area (Å²) in [6.45, 7) is 2.08. The lowest BCUT2D eigenvalue weighted by Crippen LogP contribution is -2.41. The van der Waals surface area contributed by atoms with Gasteiger partial charge in [0.05, 0.1) is 12.0 Å². The van der Waals surface area contributed by atoms with Gasteiger partial charge < -0.3 is 4.74 Å². The topological polar surface area (TPSA) is 9.23 Å². The van der Waals surface area contributed by atoms with E-state index >= 15 is 0 Å². The maximum Gasteiger partial charge on any atom is 0.362 e. The predicted octanol–water partition coefficient (Wildman–Crippen LogP) is 6.32. The summed E-state index contributed by atoms with van der Waals surface area (Å²) in [5.74, 6) is 1.40. The van der Waals surface area contributed by atoms with E-state index < -0.39 is 30.7 Å². The Kier molecular flexibility index (Phi) is 6.51. The molecule has 0 aliphatic heterocycles. The van der Waals surface area contributed by atoms with Gasteiger partial charge >= 0.3 is 6.11 Å². The van der Waals surface area contributed by atoms with Crippen LogP contribution in [0.3, 0.4) is 0 Å². The minimum Gasteiger partial charge on any atom is -0.317 e. The third-order valence-electron chi connectivity index (χ3n) is 6.47. The second-order valence-electron chi connectivity index (χ2n) is 8.42. The van der Waals surface area contributed by atoms with Crippen LogP contribution < -0.4 is 0 Å². The monoisotopic (exact) mass is 380 g/mol. The highest BCUT2D eigenvalue weighted by Gasteiger charge is 2.46. The van der Waals surface area contributed by atoms with Crippen molar-refractivity contribution in [3.05, 3.63) is 11.8 Å². The highest BCUT2D eigenvalue weighted by molar-refractivity contribution is 5.06. The Labute approximate surface area is 153 Å². The van der Waals surface area contributed by atoms with Crippen molar-refractivity contribution in [2.24, 2.45) is 11.8 Å². The summed E-state index contributed by atoms with van der Waals surface area (Å²) in [6, 6.07) is 0. The molecule has 3 fully saturated rings. The maximum atomic E-state index is 14.4. The van der Waals surface area contributed by atoms with Gasteiger partial charge in [-0.1, -0.05) is 6.92 Å². The standard InChI is InChI=1S/C20H29F5O/c1-12-2-6-15(7-3-12)20(24,25)26-16-8-4-13(5-9-16)14-10-17(21)19(23)18(22)11-14/h12,14,16-19H,2-11H2,1H3. The van der Waals surface area contributed by atoms with Gasteiger partial charge in [0.25, 0.3) is 0 Å². The zero-order chi connectivity index (χ0) is 18.9. The van der Waals surface area contributed by atoms with Crippen LogP contribution in [0.1, 0.15) is 71.1 Å². The predicted molar refractivity (Wildman–Crippen MR) is 89.8 cm³/mol. The summed E-state index contributed by atoms with van der Waals surface area (Å²) in [5.41, 5.74) is 0. The molecule has 3 rings (SSSR count). The van der Waals surface area contributed by atoms with Gasteiger partial charge in [-0.05, 0) is 82.0 Å². The summed E-state index contributed by atoms with van der Waals surface area (Å²) in [6.07, 6.45) is -4.89. The Balaban J connectivity index is 1.46. The van der Waals surface area contributed by atoms with E-state index in [1.165, 1.54) is 0 Å². The third kappa shape index (κ3) is 4.71. The van der Waals surface area contributed by atoms with Crippen molar-refractivity contribution in [1.82, 2.24) is 0 Å². The van der Waals surface area contributed by atoms with Crippen LogP contribution in [0.25, 0.3) is 0 Å². The van der Waals surface area contributed by atoms with Crippen molar-refractivity contribution < 1.29 is 26.7 Å². The van der Waals surface area contributed by atoms with Gasteiger partial charge in [-0.3, -0.25) is 0 Å². The van der Waals surface area contributed by atoms with Crippen LogP contribution in [-0.4, -0.2) is 30.7 Å². The normalized spacial score (nSPS) is 37.2. The lowest BCUT2D eigenvalue weighted by Gasteiger charge is -2.40. The molecule has 0 heterocycles. The second kappa shape index (κ2) is 8.32. The first-order valence-electron chi connectivity index (χ1n) is 9.94. The number of rotatable bonds is 4. The summed E-state index contributed by atoms with van der Waals surface area (Å²) in [4.78, 5) is 0. The molecule has 150 valence electrons. The molecule has 2 atom stereocenters. The molecule has 0 bridgehead atoms. The van der Waals surface area contributed by atoms with Crippen molar-refractivity contribution in [1.29, 1.82) is 0 Å². The average molecular weight is 380 g/mol. The lowest BCUT2D eigenvalue weighted by atomic mass is 9.71. The molecule has 3 aliphatic rings. The van der Waals surface area contributed by atoms with Gasteiger partial charge in [0.2, 0.25) is 0 Å². The Bertz CT molecular complexity index is 431. The van der Waals surface area contributed by atoms with Crippen LogP contribution in [0.4, 0.5) is 22.0 Å². The zero-order valence-electron chi connectivity index (χ0n) is 15.3. The van der Waals surface area contributed by atoms with E-state index in [9.17, 15) is 22.0 Å². The summed E-state index contributed by atoms with van der Waals surface area (Å²) >= 11 is 0. The summed E-state index contributed by atoms with van der Waals surface area (Å²) < 4.78 is 74.5. The van der Waals surface area contributed by atoms with E-state index in [0.29, 0.717) is 44.4 Å². The molecule has 0 aromatic carbocycles. The fourth-order valence-electron chi connectivity index (χ4n) is 4.64. The SMILES string of the molecule is CC1CC[C](C(F)(F)OC2CC[C](C3CC(F)C(F)C(F)C3)CC2)CC1. The first-order chi connectivity index (χ1) is 12.3. The smallest absolute Gasteiger partial charge is 0.317 e. The van der Waals surface area contributed by atoms with Gasteiger partial charge in [0, 0.05) is 0 Å². The van der Waals surface area contributed by atoms with E-state index in [1.54, 1.807) is 0 Å². The van der Waals surface area contributed by atoms with Crippen LogP contribution in [-0.2, 0) is 4.74 Å². The van der Waals surface area contributed by atoms with Crippen molar-refractivity contribution >= 4 is 0 Å². The van der Waals surface area contributed by atoms with Crippen molar-refractivity contribution in [3.8, 4) is 0 Å². The molecule has 0 spiro atoms. The number of halogens is 5. The highest BCUT2D eigenvalue weighted by Crippen LogP contribution is 2.46. The first kappa shape index (κ1) is 20.3. The van der Waals surface area contributed by atoms with Crippen LogP contribution in [0.5, 0.6) is 0 Å². The molecular weight excluding hydrogens is 351 g/mol. The Morgan fingerprint density at radius 1 is 0.846 bits per heavy atom. The minimum atomic E-state index is -3.18. The second-order valence-corrected chi connectivity index (χ2v) is 8.42.